The molecule has 0 bridgehead atoms. The second-order valence-electron chi connectivity index (χ2n) is 6.08. The van der Waals surface area contributed by atoms with E-state index in [0.717, 1.165) is 18.2 Å². The van der Waals surface area contributed by atoms with Gasteiger partial charge in [0.25, 0.3) is 0 Å². The maximum Gasteiger partial charge on any atom is 0.336 e. The Morgan fingerprint density at radius 2 is 1.81 bits per heavy atom. The number of phenols is 2. The molecule has 1 saturated carbocycles. The van der Waals surface area contributed by atoms with Crippen LogP contribution in [0.15, 0.2) is 24.3 Å². The third-order valence-corrected chi connectivity index (χ3v) is 4.01. The van der Waals surface area contributed by atoms with E-state index >= 15 is 0 Å². The van der Waals surface area contributed by atoms with Gasteiger partial charge in [-0.15, -0.1) is 0 Å². The molecule has 1 aromatic rings. The highest BCUT2D eigenvalue weighted by Gasteiger charge is 2.58. The Balaban J connectivity index is 2.15. The van der Waals surface area contributed by atoms with Gasteiger partial charge in [-0.1, -0.05) is 6.07 Å². The van der Waals surface area contributed by atoms with Gasteiger partial charge in [-0.3, -0.25) is 0 Å². The summed E-state index contributed by atoms with van der Waals surface area (Å²) in [5.41, 5.74) is -2.31. The molecule has 0 saturated heterocycles. The number of aliphatic hydroxyl groups excluding tert-OH is 2. The lowest BCUT2D eigenvalue weighted by Gasteiger charge is -2.44. The lowest BCUT2D eigenvalue weighted by atomic mass is 9.77. The Hall–Kier alpha value is -2.66. The van der Waals surface area contributed by atoms with Gasteiger partial charge < -0.3 is 40.5 Å². The highest BCUT2D eigenvalue weighted by Crippen LogP contribution is 2.37. The van der Waals surface area contributed by atoms with E-state index in [1.54, 1.807) is 0 Å². The van der Waals surface area contributed by atoms with Gasteiger partial charge in [0, 0.05) is 12.5 Å². The average Bonchev–Trinajstić information content (AvgIpc) is 2.53. The lowest BCUT2D eigenvalue weighted by molar-refractivity contribution is -0.300. The molecule has 0 spiro atoms. The minimum absolute atomic E-state index is 0.288. The van der Waals surface area contributed by atoms with Crippen LogP contribution in [-0.4, -0.2) is 71.3 Å². The topological polar surface area (TPSA) is 185 Å². The van der Waals surface area contributed by atoms with Crippen LogP contribution in [0.25, 0.3) is 6.08 Å². The van der Waals surface area contributed by atoms with E-state index in [9.17, 15) is 40.2 Å². The highest BCUT2D eigenvalue weighted by atomic mass is 16.7. The number of hydrogen-bond donors (Lipinski definition) is 7. The standard InChI is InChI=1S/C16H18O10/c17-9-3-1-8(5-10(9)18)2-4-12(20)26-16(25)7-15(24,14(22)23)6-11(19)13(16)21/h1-5,11,13,17-19,21,24-25H,6-7H2,(H,22,23)/b4-2-/t11-,13?,15?,16-/m1/s1. The first kappa shape index (κ1) is 19.7. The van der Waals surface area contributed by atoms with Crippen LogP contribution in [0, 0.1) is 0 Å². The molecule has 0 heterocycles. The van der Waals surface area contributed by atoms with E-state index in [2.05, 4.69) is 4.74 Å². The van der Waals surface area contributed by atoms with E-state index < -0.39 is 54.1 Å². The van der Waals surface area contributed by atoms with Gasteiger partial charge in [0.05, 0.1) is 12.5 Å². The van der Waals surface area contributed by atoms with Crippen LogP contribution < -0.4 is 0 Å². The molecule has 0 aromatic heterocycles. The fraction of sp³-hybridized carbons (Fsp3) is 0.375. The van der Waals surface area contributed by atoms with Crippen molar-refractivity contribution >= 4 is 18.0 Å². The van der Waals surface area contributed by atoms with Crippen LogP contribution in [0.5, 0.6) is 11.5 Å². The van der Waals surface area contributed by atoms with E-state index in [4.69, 9.17) is 5.11 Å². The van der Waals surface area contributed by atoms with Gasteiger partial charge in [-0.2, -0.15) is 0 Å². The van der Waals surface area contributed by atoms with Crippen molar-refractivity contribution < 1.29 is 50.1 Å². The second kappa shape index (κ2) is 6.92. The molecule has 2 rings (SSSR count). The number of carboxylic acid groups (broad SMARTS) is 1. The quantitative estimate of drug-likeness (QED) is 0.145. The number of aromatic hydroxyl groups is 2. The minimum Gasteiger partial charge on any atom is -0.504 e. The van der Waals surface area contributed by atoms with Crippen LogP contribution in [0.4, 0.5) is 0 Å². The molecule has 142 valence electrons. The van der Waals surface area contributed by atoms with Gasteiger partial charge in [0.1, 0.15) is 6.10 Å². The van der Waals surface area contributed by atoms with Gasteiger partial charge in [-0.25, -0.2) is 9.59 Å². The third kappa shape index (κ3) is 3.94. The monoisotopic (exact) mass is 370 g/mol. The summed E-state index contributed by atoms with van der Waals surface area (Å²) in [6, 6.07) is 3.66. The van der Waals surface area contributed by atoms with Crippen molar-refractivity contribution in [2.24, 2.45) is 0 Å². The number of hydrogen-bond acceptors (Lipinski definition) is 9. The summed E-state index contributed by atoms with van der Waals surface area (Å²) in [7, 11) is 0. The number of carboxylic acids is 1. The number of rotatable bonds is 4. The van der Waals surface area contributed by atoms with Gasteiger partial charge in [0.2, 0.25) is 5.79 Å². The SMILES string of the molecule is O=C(/C=C\c1ccc(O)c(O)c1)O[C@]1(O)CC(O)(C(=O)O)C[C@@H](O)C1O. The summed E-state index contributed by atoms with van der Waals surface area (Å²) in [5, 5.41) is 67.3. The Bertz CT molecular complexity index is 745. The maximum atomic E-state index is 11.9. The Morgan fingerprint density at radius 1 is 1.15 bits per heavy atom. The van der Waals surface area contributed by atoms with Gasteiger partial charge in [-0.05, 0) is 23.8 Å². The number of aliphatic carboxylic acids is 1. The molecule has 7 N–H and O–H groups in total. The maximum absolute atomic E-state index is 11.9. The van der Waals surface area contributed by atoms with Gasteiger partial charge in [0.15, 0.2) is 17.1 Å². The first-order valence-corrected chi connectivity index (χ1v) is 7.44. The first-order chi connectivity index (χ1) is 12.0. The largest absolute Gasteiger partial charge is 0.504 e. The fourth-order valence-corrected chi connectivity index (χ4v) is 2.63. The van der Waals surface area contributed by atoms with Crippen molar-refractivity contribution in [3.8, 4) is 11.5 Å². The van der Waals surface area contributed by atoms with Crippen molar-refractivity contribution in [3.05, 3.63) is 29.8 Å². The molecule has 26 heavy (non-hydrogen) atoms. The van der Waals surface area contributed by atoms with E-state index in [0.29, 0.717) is 0 Å². The number of carbonyl (C=O) groups is 2. The number of esters is 1. The molecule has 10 heteroatoms. The molecule has 0 amide bonds. The molecule has 1 aromatic carbocycles. The van der Waals surface area contributed by atoms with E-state index in [-0.39, 0.29) is 11.3 Å². The van der Waals surface area contributed by atoms with E-state index in [1.807, 2.05) is 0 Å². The molecule has 4 atom stereocenters. The lowest BCUT2D eigenvalue weighted by Crippen LogP contribution is -2.64. The normalized spacial score (nSPS) is 31.7. The Labute approximate surface area is 146 Å². The van der Waals surface area contributed by atoms with Crippen LogP contribution in [0.2, 0.25) is 0 Å². The highest BCUT2D eigenvalue weighted by molar-refractivity contribution is 5.87. The first-order valence-electron chi connectivity index (χ1n) is 7.44. The molecule has 1 fully saturated rings. The molecular formula is C16H18O10. The van der Waals surface area contributed by atoms with Gasteiger partial charge >= 0.3 is 11.9 Å². The van der Waals surface area contributed by atoms with Crippen molar-refractivity contribution in [2.45, 2.75) is 36.4 Å². The molecule has 0 radical (unpaired) electrons. The van der Waals surface area contributed by atoms with Crippen molar-refractivity contribution in [1.29, 1.82) is 0 Å². The molecule has 0 aliphatic heterocycles. The zero-order chi connectivity index (χ0) is 19.7. The number of aliphatic hydroxyl groups is 4. The Morgan fingerprint density at radius 3 is 2.38 bits per heavy atom. The van der Waals surface area contributed by atoms with Crippen molar-refractivity contribution in [3.63, 3.8) is 0 Å². The number of carbonyl (C=O) groups excluding carboxylic acids is 1. The molecule has 1 aliphatic rings. The summed E-state index contributed by atoms with van der Waals surface area (Å²) in [5.74, 6) is -6.60. The molecule has 1 aliphatic carbocycles. The summed E-state index contributed by atoms with van der Waals surface area (Å²) < 4.78 is 4.67. The van der Waals surface area contributed by atoms with Crippen LogP contribution >= 0.6 is 0 Å². The predicted molar refractivity (Wildman–Crippen MR) is 83.7 cm³/mol. The van der Waals surface area contributed by atoms with Crippen molar-refractivity contribution in [1.82, 2.24) is 0 Å². The minimum atomic E-state index is -2.83. The smallest absolute Gasteiger partial charge is 0.336 e. The molecular weight excluding hydrogens is 352 g/mol. The number of benzene rings is 1. The predicted octanol–water partition coefficient (Wildman–Crippen LogP) is -1.33. The summed E-state index contributed by atoms with van der Waals surface area (Å²) in [4.78, 5) is 23.0. The van der Waals surface area contributed by atoms with Crippen LogP contribution in [0.3, 0.4) is 0 Å². The third-order valence-electron chi connectivity index (χ3n) is 4.01. The zero-order valence-corrected chi connectivity index (χ0v) is 13.3. The van der Waals surface area contributed by atoms with Crippen molar-refractivity contribution in [2.75, 3.05) is 0 Å². The van der Waals surface area contributed by atoms with Crippen LogP contribution in [0.1, 0.15) is 18.4 Å². The average molecular weight is 370 g/mol. The number of phenolic OH excluding ortho intramolecular Hbond substituents is 2. The Kier molecular flexibility index (Phi) is 5.23. The molecule has 10 nitrogen and oxygen atoms in total. The van der Waals surface area contributed by atoms with E-state index in [1.165, 1.54) is 12.1 Å². The zero-order valence-electron chi connectivity index (χ0n) is 13.3. The fourth-order valence-electron chi connectivity index (χ4n) is 2.63. The summed E-state index contributed by atoms with van der Waals surface area (Å²) >= 11 is 0. The number of ether oxygens (including phenoxy) is 1. The molecule has 2 unspecified atom stereocenters. The second-order valence-corrected chi connectivity index (χ2v) is 6.08. The summed E-state index contributed by atoms with van der Waals surface area (Å²) in [6.45, 7) is 0. The van der Waals surface area contributed by atoms with Crippen LogP contribution in [-0.2, 0) is 14.3 Å². The summed E-state index contributed by atoms with van der Waals surface area (Å²) in [6.07, 6.45) is -3.73.